The zero-order valence-electron chi connectivity index (χ0n) is 15.4. The third-order valence-corrected chi connectivity index (χ3v) is 3.18. The molecule has 0 heterocycles. The molecule has 1 aromatic carbocycles. The van der Waals surface area contributed by atoms with Gasteiger partial charge in [-0.05, 0) is 32.6 Å². The van der Waals surface area contributed by atoms with E-state index in [4.69, 9.17) is 11.5 Å². The van der Waals surface area contributed by atoms with Crippen molar-refractivity contribution in [2.75, 3.05) is 0 Å². The second-order valence-electron chi connectivity index (χ2n) is 5.74. The molecule has 2 heteroatoms. The van der Waals surface area contributed by atoms with Crippen molar-refractivity contribution in [1.82, 2.24) is 0 Å². The van der Waals surface area contributed by atoms with Crippen molar-refractivity contribution >= 4 is 0 Å². The van der Waals surface area contributed by atoms with Crippen LogP contribution in [0.2, 0.25) is 0 Å². The van der Waals surface area contributed by atoms with Crippen LogP contribution in [-0.2, 0) is 0 Å². The Kier molecular flexibility index (Phi) is 13.6. The first kappa shape index (κ1) is 22.7. The summed E-state index contributed by atoms with van der Waals surface area (Å²) in [4.78, 5) is 0. The van der Waals surface area contributed by atoms with Gasteiger partial charge in [0.05, 0.1) is 0 Å². The minimum Gasteiger partial charge on any atom is -0.403 e. The Morgan fingerprint density at radius 2 is 1.32 bits per heavy atom. The highest BCUT2D eigenvalue weighted by Crippen LogP contribution is 2.14. The van der Waals surface area contributed by atoms with Crippen LogP contribution in [0.3, 0.4) is 0 Å². The first-order valence-electron chi connectivity index (χ1n) is 8.13. The van der Waals surface area contributed by atoms with Crippen molar-refractivity contribution in [2.24, 2.45) is 17.4 Å². The molecule has 1 atom stereocenters. The van der Waals surface area contributed by atoms with E-state index >= 15 is 0 Å². The summed E-state index contributed by atoms with van der Waals surface area (Å²) in [7, 11) is 0. The topological polar surface area (TPSA) is 52.0 Å². The van der Waals surface area contributed by atoms with Gasteiger partial charge in [-0.3, -0.25) is 0 Å². The van der Waals surface area contributed by atoms with E-state index in [9.17, 15) is 0 Å². The van der Waals surface area contributed by atoms with E-state index < -0.39 is 0 Å². The zero-order valence-corrected chi connectivity index (χ0v) is 15.4. The second-order valence-corrected chi connectivity index (χ2v) is 5.74. The molecule has 22 heavy (non-hydrogen) atoms. The lowest BCUT2D eigenvalue weighted by molar-refractivity contribution is 0.535. The molecule has 0 saturated heterocycles. The summed E-state index contributed by atoms with van der Waals surface area (Å²) in [5.41, 5.74) is 15.7. The maximum Gasteiger partial charge on any atom is 0.0274 e. The quantitative estimate of drug-likeness (QED) is 0.743. The van der Waals surface area contributed by atoms with Crippen molar-refractivity contribution in [3.63, 3.8) is 0 Å². The van der Waals surface area contributed by atoms with Gasteiger partial charge >= 0.3 is 0 Å². The first-order chi connectivity index (χ1) is 10.2. The molecule has 0 bridgehead atoms. The van der Waals surface area contributed by atoms with E-state index in [2.05, 4.69) is 65.1 Å². The van der Waals surface area contributed by atoms with E-state index in [0.717, 1.165) is 18.4 Å². The van der Waals surface area contributed by atoms with E-state index in [1.807, 2.05) is 13.8 Å². The Labute approximate surface area is 138 Å². The van der Waals surface area contributed by atoms with Gasteiger partial charge in [0.25, 0.3) is 0 Å². The highest BCUT2D eigenvalue weighted by atomic mass is 14.6. The van der Waals surface area contributed by atoms with Crippen LogP contribution in [0.25, 0.3) is 0 Å². The van der Waals surface area contributed by atoms with Crippen LogP contribution in [0.4, 0.5) is 0 Å². The Balaban J connectivity index is 0. The summed E-state index contributed by atoms with van der Waals surface area (Å²) in [6.07, 6.45) is 1.65. The van der Waals surface area contributed by atoms with E-state index in [0.29, 0.717) is 11.6 Å². The van der Waals surface area contributed by atoms with Crippen molar-refractivity contribution in [2.45, 2.75) is 60.4 Å². The van der Waals surface area contributed by atoms with Crippen molar-refractivity contribution in [1.29, 1.82) is 0 Å². The molecule has 4 N–H and O–H groups in total. The summed E-state index contributed by atoms with van der Waals surface area (Å²) in [6, 6.07) is 8.57. The summed E-state index contributed by atoms with van der Waals surface area (Å²) in [6.45, 7) is 19.9. The monoisotopic (exact) mass is 304 g/mol. The minimum absolute atomic E-state index is 0.0874. The maximum atomic E-state index is 5.88. The third-order valence-electron chi connectivity index (χ3n) is 3.18. The molecule has 0 amide bonds. The molecule has 0 radical (unpaired) electrons. The fourth-order valence-corrected chi connectivity index (χ4v) is 1.60. The molecule has 1 rings (SSSR count). The predicted molar refractivity (Wildman–Crippen MR) is 102 cm³/mol. The number of rotatable bonds is 5. The molecule has 0 aromatic heterocycles. The average Bonchev–Trinajstić information content (AvgIpc) is 2.49. The fourth-order valence-electron chi connectivity index (χ4n) is 1.60. The lowest BCUT2D eigenvalue weighted by Crippen LogP contribution is -2.28. The summed E-state index contributed by atoms with van der Waals surface area (Å²) in [5.74, 6) is 0.448. The fraction of sp³-hybridized carbons (Fsp3) is 0.500. The number of nitrogens with two attached hydrogens (primary N) is 2. The van der Waals surface area contributed by atoms with Crippen molar-refractivity contribution < 1.29 is 0 Å². The summed E-state index contributed by atoms with van der Waals surface area (Å²) >= 11 is 0. The van der Waals surface area contributed by atoms with Crippen molar-refractivity contribution in [3.05, 3.63) is 59.8 Å². The molecule has 1 aromatic rings. The molecule has 0 saturated carbocycles. The van der Waals surface area contributed by atoms with Gasteiger partial charge in [0, 0.05) is 11.7 Å². The molecule has 0 fully saturated rings. The van der Waals surface area contributed by atoms with Crippen LogP contribution in [0.15, 0.2) is 48.7 Å². The molecule has 0 aliphatic heterocycles. The van der Waals surface area contributed by atoms with E-state index in [-0.39, 0.29) is 6.04 Å². The molecule has 126 valence electrons. The highest BCUT2D eigenvalue weighted by Gasteiger charge is 2.10. The maximum absolute atomic E-state index is 5.88. The van der Waals surface area contributed by atoms with Gasteiger partial charge in [0.15, 0.2) is 0 Å². The molecule has 0 aliphatic carbocycles. The largest absolute Gasteiger partial charge is 0.403 e. The normalized spacial score (nSPS) is 10.7. The standard InChI is InChI=1S/C10H20N2.C8H10.C2H6/c1-7(2)10(12)8(3)5-6-9(4)11;1-7-3-5-8(2)6-4-7;1-2/h7,10H,3-6,11-12H2,1-2H3;3-6H,1-2H3;1-2H3. The number of hydrogen-bond donors (Lipinski definition) is 2. The first-order valence-corrected chi connectivity index (χ1v) is 8.13. The number of benzene rings is 1. The predicted octanol–water partition coefficient (Wildman–Crippen LogP) is 5.11. The average molecular weight is 305 g/mol. The smallest absolute Gasteiger partial charge is 0.0274 e. The van der Waals surface area contributed by atoms with Gasteiger partial charge in [-0.15, -0.1) is 0 Å². The summed E-state index contributed by atoms with van der Waals surface area (Å²) in [5, 5.41) is 0. The Hall–Kier alpha value is -1.54. The van der Waals surface area contributed by atoms with Crippen LogP contribution in [0, 0.1) is 19.8 Å². The Bertz CT molecular complexity index is 395. The molecule has 2 nitrogen and oxygen atoms in total. The van der Waals surface area contributed by atoms with Crippen LogP contribution in [0.1, 0.15) is 51.7 Å². The van der Waals surface area contributed by atoms with Gasteiger partial charge in [-0.2, -0.15) is 0 Å². The van der Waals surface area contributed by atoms with Gasteiger partial charge < -0.3 is 11.5 Å². The van der Waals surface area contributed by atoms with Crippen LogP contribution >= 0.6 is 0 Å². The van der Waals surface area contributed by atoms with Gasteiger partial charge in [0.1, 0.15) is 0 Å². The minimum atomic E-state index is 0.0874. The van der Waals surface area contributed by atoms with Gasteiger partial charge in [-0.25, -0.2) is 0 Å². The number of aryl methyl sites for hydroxylation is 2. The molecular weight excluding hydrogens is 268 g/mol. The van der Waals surface area contributed by atoms with Crippen LogP contribution in [0.5, 0.6) is 0 Å². The number of hydrogen-bond acceptors (Lipinski definition) is 2. The molecular formula is C20H36N2. The van der Waals surface area contributed by atoms with Crippen LogP contribution < -0.4 is 11.5 Å². The highest BCUT2D eigenvalue weighted by molar-refractivity contribution is 5.19. The lowest BCUT2D eigenvalue weighted by Gasteiger charge is -2.18. The Morgan fingerprint density at radius 1 is 0.955 bits per heavy atom. The molecule has 0 spiro atoms. The SMILES string of the molecule is C=C(N)CCC(=C)C(N)C(C)C.CC.Cc1ccc(C)cc1. The van der Waals surface area contributed by atoms with Crippen molar-refractivity contribution in [3.8, 4) is 0 Å². The second kappa shape index (κ2) is 13.1. The molecule has 0 aliphatic rings. The Morgan fingerprint density at radius 3 is 1.59 bits per heavy atom. The zero-order chi connectivity index (χ0) is 17.7. The van der Waals surface area contributed by atoms with Gasteiger partial charge in [-0.1, -0.05) is 81.8 Å². The van der Waals surface area contributed by atoms with Crippen LogP contribution in [-0.4, -0.2) is 6.04 Å². The van der Waals surface area contributed by atoms with E-state index in [1.54, 1.807) is 0 Å². The lowest BCUT2D eigenvalue weighted by atomic mass is 9.94. The number of allylic oxidation sites excluding steroid dienone is 1. The van der Waals surface area contributed by atoms with E-state index in [1.165, 1.54) is 11.1 Å². The summed E-state index contributed by atoms with van der Waals surface area (Å²) < 4.78 is 0. The van der Waals surface area contributed by atoms with Gasteiger partial charge in [0.2, 0.25) is 0 Å². The molecule has 1 unspecified atom stereocenters. The third kappa shape index (κ3) is 12.2.